The Labute approximate surface area is 121 Å². The first-order chi connectivity index (χ1) is 9.38. The molecule has 0 aliphatic heterocycles. The molecule has 0 unspecified atom stereocenters. The van der Waals surface area contributed by atoms with Crippen LogP contribution >= 0.6 is 11.6 Å². The molecule has 8 heteroatoms. The van der Waals surface area contributed by atoms with Crippen LogP contribution in [0.4, 0.5) is 0 Å². The molecule has 0 saturated carbocycles. The van der Waals surface area contributed by atoms with Crippen molar-refractivity contribution in [1.29, 1.82) is 0 Å². The molecule has 1 aromatic carbocycles. The van der Waals surface area contributed by atoms with E-state index in [1.54, 1.807) is 16.7 Å². The fourth-order valence-corrected chi connectivity index (χ4v) is 3.00. The van der Waals surface area contributed by atoms with Gasteiger partial charge in [0.25, 0.3) is 0 Å². The molecule has 2 aromatic rings. The first kappa shape index (κ1) is 14.8. The molecule has 0 atom stereocenters. The number of sulfone groups is 1. The van der Waals surface area contributed by atoms with E-state index in [9.17, 15) is 13.2 Å². The summed E-state index contributed by atoms with van der Waals surface area (Å²) in [7, 11) is -1.86. The predicted molar refractivity (Wildman–Crippen MR) is 76.5 cm³/mol. The maximum Gasteiger partial charge on any atom is 0.239 e. The number of alkyl halides is 1. The molecule has 2 rings (SSSR count). The quantitative estimate of drug-likeness (QED) is 0.851. The summed E-state index contributed by atoms with van der Waals surface area (Å²) in [6.45, 7) is 0.0439. The van der Waals surface area contributed by atoms with Crippen molar-refractivity contribution in [3.63, 3.8) is 0 Å². The molecule has 1 amide bonds. The van der Waals surface area contributed by atoms with Crippen LogP contribution in [0.25, 0.3) is 11.0 Å². The summed E-state index contributed by atoms with van der Waals surface area (Å²) in [4.78, 5) is 15.9. The van der Waals surface area contributed by atoms with Crippen LogP contribution in [-0.2, 0) is 27.1 Å². The van der Waals surface area contributed by atoms with Crippen molar-refractivity contribution in [3.8, 4) is 0 Å². The van der Waals surface area contributed by atoms with Gasteiger partial charge in [-0.05, 0) is 12.1 Å². The first-order valence-corrected chi connectivity index (χ1v) is 8.25. The lowest BCUT2D eigenvalue weighted by Gasteiger charge is -2.06. The summed E-state index contributed by atoms with van der Waals surface area (Å²) >= 11 is 5.83. The normalized spacial score (nSPS) is 11.8. The van der Waals surface area contributed by atoms with E-state index in [1.807, 2.05) is 0 Å². The van der Waals surface area contributed by atoms with E-state index in [1.165, 1.54) is 13.1 Å². The van der Waals surface area contributed by atoms with Crippen LogP contribution in [0.15, 0.2) is 23.1 Å². The Morgan fingerprint density at radius 1 is 1.45 bits per heavy atom. The molecule has 0 bridgehead atoms. The molecular weight excluding hydrogens is 302 g/mol. The molecule has 108 valence electrons. The predicted octanol–water partition coefficient (Wildman–Crippen LogP) is 0.925. The minimum atomic E-state index is -3.39. The van der Waals surface area contributed by atoms with Gasteiger partial charge in [0.2, 0.25) is 5.91 Å². The summed E-state index contributed by atoms with van der Waals surface area (Å²) in [6, 6.07) is 4.83. The van der Waals surface area contributed by atoms with Crippen LogP contribution in [0.1, 0.15) is 5.82 Å². The number of nitrogens with one attached hydrogen (secondary N) is 1. The number of para-hydroxylation sites is 1. The number of nitrogens with zero attached hydrogens (tertiary/aromatic N) is 2. The second-order valence-corrected chi connectivity index (χ2v) is 6.57. The van der Waals surface area contributed by atoms with Crippen molar-refractivity contribution in [2.75, 3.05) is 13.3 Å². The maximum absolute atomic E-state index is 11.8. The van der Waals surface area contributed by atoms with Gasteiger partial charge in [0.05, 0.1) is 16.3 Å². The van der Waals surface area contributed by atoms with Gasteiger partial charge in [-0.3, -0.25) is 4.79 Å². The Bertz CT molecular complexity index is 768. The Morgan fingerprint density at radius 2 is 2.15 bits per heavy atom. The number of carbonyl (C=O) groups excluding carboxylic acids is 1. The van der Waals surface area contributed by atoms with Gasteiger partial charge in [0.15, 0.2) is 9.84 Å². The van der Waals surface area contributed by atoms with Gasteiger partial charge in [0, 0.05) is 13.3 Å². The van der Waals surface area contributed by atoms with Gasteiger partial charge in [0.1, 0.15) is 17.9 Å². The van der Waals surface area contributed by atoms with Crippen LogP contribution in [0.2, 0.25) is 0 Å². The molecular formula is C12H14ClN3O3S. The van der Waals surface area contributed by atoms with Crippen molar-refractivity contribution in [3.05, 3.63) is 24.0 Å². The molecule has 1 heterocycles. The lowest BCUT2D eigenvalue weighted by Crippen LogP contribution is -2.24. The number of amides is 1. The number of likely N-dealkylation sites (N-methyl/N-ethyl adjacent to an activating group) is 1. The van der Waals surface area contributed by atoms with Crippen molar-refractivity contribution in [2.24, 2.45) is 0 Å². The number of benzene rings is 1. The second-order valence-electron chi connectivity index (χ2n) is 4.32. The molecule has 1 aromatic heterocycles. The third kappa shape index (κ3) is 2.64. The fourth-order valence-electron chi connectivity index (χ4n) is 1.97. The van der Waals surface area contributed by atoms with Gasteiger partial charge in [-0.1, -0.05) is 6.07 Å². The SMILES string of the molecule is CNC(=O)Cn1c(CCl)nc2c(S(C)(=O)=O)cccc21. The lowest BCUT2D eigenvalue weighted by molar-refractivity contribution is -0.121. The second kappa shape index (κ2) is 5.41. The standard InChI is InChI=1S/C12H14ClN3O3S/c1-14-11(17)7-16-8-4-3-5-9(20(2,18)19)12(8)15-10(16)6-13/h3-5H,6-7H2,1-2H3,(H,14,17). The molecule has 20 heavy (non-hydrogen) atoms. The number of aromatic nitrogens is 2. The number of hydrogen-bond donors (Lipinski definition) is 1. The molecule has 0 aliphatic rings. The molecule has 1 N–H and O–H groups in total. The van der Waals surface area contributed by atoms with Crippen molar-refractivity contribution in [2.45, 2.75) is 17.3 Å². The van der Waals surface area contributed by atoms with Crippen LogP contribution in [-0.4, -0.2) is 37.2 Å². The average molecular weight is 316 g/mol. The van der Waals surface area contributed by atoms with E-state index in [0.717, 1.165) is 6.26 Å². The van der Waals surface area contributed by atoms with Crippen LogP contribution in [0.5, 0.6) is 0 Å². The zero-order valence-corrected chi connectivity index (χ0v) is 12.6. The first-order valence-electron chi connectivity index (χ1n) is 5.83. The summed E-state index contributed by atoms with van der Waals surface area (Å²) in [5, 5.41) is 2.52. The van der Waals surface area contributed by atoms with E-state index in [2.05, 4.69) is 10.3 Å². The Balaban J connectivity index is 2.72. The Kier molecular flexibility index (Phi) is 4.01. The van der Waals surface area contributed by atoms with E-state index in [4.69, 9.17) is 11.6 Å². The van der Waals surface area contributed by atoms with E-state index >= 15 is 0 Å². The number of halogens is 1. The molecule has 0 radical (unpaired) electrons. The maximum atomic E-state index is 11.8. The third-order valence-corrected chi connectivity index (χ3v) is 4.29. The minimum Gasteiger partial charge on any atom is -0.358 e. The van der Waals surface area contributed by atoms with Crippen LogP contribution < -0.4 is 5.32 Å². The molecule has 0 spiro atoms. The summed E-state index contributed by atoms with van der Waals surface area (Å²) < 4.78 is 25.2. The monoisotopic (exact) mass is 315 g/mol. The number of imidazole rings is 1. The molecule has 0 aliphatic carbocycles. The van der Waals surface area contributed by atoms with Crippen molar-refractivity contribution < 1.29 is 13.2 Å². The number of hydrogen-bond acceptors (Lipinski definition) is 4. The smallest absolute Gasteiger partial charge is 0.239 e. The Hall–Kier alpha value is -1.60. The topological polar surface area (TPSA) is 81.1 Å². The number of rotatable bonds is 4. The third-order valence-electron chi connectivity index (χ3n) is 2.92. The van der Waals surface area contributed by atoms with Gasteiger partial charge in [-0.25, -0.2) is 13.4 Å². The Morgan fingerprint density at radius 3 is 2.70 bits per heavy atom. The number of fused-ring (bicyclic) bond motifs is 1. The molecule has 0 saturated heterocycles. The zero-order chi connectivity index (χ0) is 14.9. The summed E-state index contributed by atoms with van der Waals surface area (Å²) in [5.74, 6) is 0.344. The highest BCUT2D eigenvalue weighted by molar-refractivity contribution is 7.91. The number of carbonyl (C=O) groups is 1. The summed E-state index contributed by atoms with van der Waals surface area (Å²) in [6.07, 6.45) is 1.12. The highest BCUT2D eigenvalue weighted by atomic mass is 35.5. The molecule has 0 fully saturated rings. The fraction of sp³-hybridized carbons (Fsp3) is 0.333. The van der Waals surface area contributed by atoms with Crippen LogP contribution in [0, 0.1) is 0 Å². The zero-order valence-electron chi connectivity index (χ0n) is 11.1. The van der Waals surface area contributed by atoms with Gasteiger partial charge in [-0.15, -0.1) is 11.6 Å². The van der Waals surface area contributed by atoms with E-state index < -0.39 is 9.84 Å². The van der Waals surface area contributed by atoms with Gasteiger partial charge in [-0.2, -0.15) is 0 Å². The van der Waals surface area contributed by atoms with Crippen molar-refractivity contribution >= 4 is 38.4 Å². The largest absolute Gasteiger partial charge is 0.358 e. The molecule has 6 nitrogen and oxygen atoms in total. The van der Waals surface area contributed by atoms with E-state index in [-0.39, 0.29) is 23.2 Å². The average Bonchev–Trinajstić information content (AvgIpc) is 2.75. The highest BCUT2D eigenvalue weighted by Crippen LogP contribution is 2.24. The van der Waals surface area contributed by atoms with Gasteiger partial charge < -0.3 is 9.88 Å². The van der Waals surface area contributed by atoms with Gasteiger partial charge >= 0.3 is 0 Å². The lowest BCUT2D eigenvalue weighted by atomic mass is 10.3. The highest BCUT2D eigenvalue weighted by Gasteiger charge is 2.19. The minimum absolute atomic E-state index is 0.0439. The van der Waals surface area contributed by atoms with Crippen LogP contribution in [0.3, 0.4) is 0 Å². The van der Waals surface area contributed by atoms with E-state index in [0.29, 0.717) is 16.9 Å². The van der Waals surface area contributed by atoms with Crippen molar-refractivity contribution in [1.82, 2.24) is 14.9 Å². The summed E-state index contributed by atoms with van der Waals surface area (Å²) in [5.41, 5.74) is 0.918.